The van der Waals surface area contributed by atoms with Crippen LogP contribution in [-0.4, -0.2) is 211 Å². The summed E-state index contributed by atoms with van der Waals surface area (Å²) in [5.41, 5.74) is -11.8. The number of alkyl halides is 6. The Balaban J connectivity index is 0.000000237. The Morgan fingerprint density at radius 1 is 0.535 bits per heavy atom. The van der Waals surface area contributed by atoms with Crippen molar-refractivity contribution in [2.24, 2.45) is 22.7 Å². The van der Waals surface area contributed by atoms with Crippen molar-refractivity contribution in [2.75, 3.05) is 27.3 Å². The van der Waals surface area contributed by atoms with Gasteiger partial charge in [-0.05, 0) is 158 Å². The molecule has 3 aromatic carbocycles. The summed E-state index contributed by atoms with van der Waals surface area (Å²) in [6, 6.07) is 9.07. The Hall–Kier alpha value is -10.3. The number of nitrogens with zero attached hydrogens (tertiary/aromatic N) is 5. The molecule has 36 nitrogen and oxygen atoms in total. The van der Waals surface area contributed by atoms with Crippen LogP contribution in [0.4, 0.5) is 46.4 Å². The summed E-state index contributed by atoms with van der Waals surface area (Å²) >= 11 is 13.1. The first-order chi connectivity index (χ1) is 58.6. The SMILES string of the molecule is CC(C)(OC(=O)Oc1ccc([N+](=O)[O-])cc1)C(F)(F)F.CC[C@@H]1C[C@]1(NC(=O)[C@@H]1C[C@@H](Oc2nccc3c(Cl)c(OC)ccc23)CN1C(=O)[C@@H](NC(=O)OC(C)(C)C(F)(F)F)C(C)(C)C)C(=O)NS(=O)(=O)OC1CC1.CC[C@@H]1C[C@]1(NC(=O)[C@@H]1C[C@@H](Oc2nccc3c(Cl)c(OC)ccc23)CN1C(=O)[C@@H](NC(=O)OC(C)(C)C)C(C)(C)C)C(=O)NS(=O)(=O)OC1CC1. The molecule has 4 heterocycles. The number of amides is 8. The van der Waals surface area contributed by atoms with Gasteiger partial charge in [-0.2, -0.15) is 43.2 Å². The van der Waals surface area contributed by atoms with Gasteiger partial charge >= 0.3 is 51.3 Å². The molecule has 2 aliphatic heterocycles. The van der Waals surface area contributed by atoms with Crippen LogP contribution in [0.3, 0.4) is 0 Å². The lowest BCUT2D eigenvalue weighted by Gasteiger charge is -2.36. The maximum absolute atomic E-state index is 14.5. The Morgan fingerprint density at radius 2 is 0.906 bits per heavy atom. The number of carbonyl (C=O) groups is 9. The molecular formula is C81H103Cl2F6N11O25S2. The van der Waals surface area contributed by atoms with Gasteiger partial charge in [0.2, 0.25) is 46.6 Å². The highest BCUT2D eigenvalue weighted by Gasteiger charge is 2.64. The first kappa shape index (κ1) is 100. The number of methoxy groups -OCH3 is 2. The predicted octanol–water partition coefficient (Wildman–Crippen LogP) is 12.0. The first-order valence-electron chi connectivity index (χ1n) is 40.2. The standard InChI is InChI=1S/C35H45ClF3N5O10S.C35H48ClN5O10S.C11H10F3NO5/c1-8-18-16-34(18,30(47)43-55(49,50)54-19-9-10-19)42-27(45)23-15-20(52-28-22-11-12-24(51-7)25(36)21(22)13-14-40-28)17-44(23)29(46)26(32(2,3)4)41-31(48)53-33(5,6)35(37,38)39;1-9-19-17-35(19,31(44)40-52(46,47)51-20-10-11-20)39-28(42)24-16-21(49-29-23-12-13-25(48-8)26(36)22(23)14-15-37-29)18-41(24)30(43)27(33(2,3)4)38-32(45)50-34(5,6)7;1-10(2,11(12,13)14)20-9(16)19-8-5-3-7(4-6-8)15(17)18/h11-14,18-20,23,26H,8-10,15-17H2,1-7H3,(H,41,48)(H,42,45)(H,43,47);12-15,19-21,24,27H,9-11,16-18H2,1-8H3,(H,38,45)(H,39,42)(H,40,44);3-6H,1-2H3/t18-,20-,23+,26-,34-;19-,21-,24+,27-,35-;/m11./s1. The third kappa shape index (κ3) is 25.0. The molecule has 46 heteroatoms. The minimum atomic E-state index is -4.93. The fourth-order valence-corrected chi connectivity index (χ4v) is 16.4. The van der Waals surface area contributed by atoms with Gasteiger partial charge < -0.3 is 69.0 Å². The monoisotopic (exact) mass is 1880 g/mol. The fraction of sp³-hybridized carbons (Fsp3) is 0.593. The molecule has 4 saturated carbocycles. The molecule has 6 N–H and O–H groups in total. The van der Waals surface area contributed by atoms with Crippen LogP contribution in [0, 0.1) is 32.8 Å². The number of halogens is 8. The number of pyridine rings is 2. The van der Waals surface area contributed by atoms with Crippen molar-refractivity contribution in [2.45, 2.75) is 257 Å². The normalized spacial score (nSPS) is 21.8. The molecule has 5 aromatic rings. The van der Waals surface area contributed by atoms with E-state index in [9.17, 15) is 96.4 Å². The molecule has 6 fully saturated rings. The van der Waals surface area contributed by atoms with E-state index in [-0.39, 0.29) is 72.9 Å². The number of hydrogen-bond acceptors (Lipinski definition) is 27. The molecule has 2 aromatic heterocycles. The van der Waals surface area contributed by atoms with E-state index in [4.69, 9.17) is 60.0 Å². The second kappa shape index (κ2) is 38.2. The number of aromatic nitrogens is 2. The average Bonchev–Trinajstić information content (AvgIpc) is 1.58. The number of fused-ring (bicyclic) bond motifs is 2. The molecule has 0 bridgehead atoms. The molecule has 0 spiro atoms. The van der Waals surface area contributed by atoms with Crippen LogP contribution in [0.15, 0.2) is 73.1 Å². The number of nitro benzene ring substituents is 1. The Kier molecular flexibility index (Phi) is 30.2. The molecule has 8 amide bonds. The summed E-state index contributed by atoms with van der Waals surface area (Å²) < 4.78 is 184. The van der Waals surface area contributed by atoms with Crippen LogP contribution < -0.4 is 54.4 Å². The quantitative estimate of drug-likeness (QED) is 0.00676. The van der Waals surface area contributed by atoms with Crippen LogP contribution in [0.2, 0.25) is 10.0 Å². The van der Waals surface area contributed by atoms with Crippen molar-refractivity contribution in [3.05, 3.63) is 93.2 Å². The van der Waals surface area contributed by atoms with E-state index in [1.807, 2.05) is 16.4 Å². The van der Waals surface area contributed by atoms with E-state index >= 15 is 0 Å². The largest absolute Gasteiger partial charge is 0.514 e. The van der Waals surface area contributed by atoms with Crippen molar-refractivity contribution in [1.29, 1.82) is 0 Å². The number of nitrogens with one attached hydrogen (secondary N) is 6. The number of ether oxygens (including phenoxy) is 8. The maximum atomic E-state index is 14.5. The van der Waals surface area contributed by atoms with Crippen LogP contribution in [0.5, 0.6) is 29.0 Å². The van der Waals surface area contributed by atoms with E-state index in [0.29, 0.717) is 104 Å². The van der Waals surface area contributed by atoms with Gasteiger partial charge in [0.25, 0.3) is 17.5 Å². The smallest absolute Gasteiger partial charge is 0.495 e. The van der Waals surface area contributed by atoms with Crippen molar-refractivity contribution in [3.63, 3.8) is 0 Å². The predicted molar refractivity (Wildman–Crippen MR) is 443 cm³/mol. The lowest BCUT2D eigenvalue weighted by atomic mass is 9.85. The van der Waals surface area contributed by atoms with Gasteiger partial charge in [-0.1, -0.05) is 91.4 Å². The molecule has 4 aliphatic carbocycles. The number of hydrogen-bond donors (Lipinski definition) is 6. The van der Waals surface area contributed by atoms with E-state index in [1.165, 1.54) is 31.5 Å². The van der Waals surface area contributed by atoms with E-state index in [2.05, 4.69) is 40.7 Å². The Bertz CT molecular complexity index is 5250. The summed E-state index contributed by atoms with van der Waals surface area (Å²) in [5.74, 6) is -4.69. The van der Waals surface area contributed by atoms with Crippen molar-refractivity contribution in [3.8, 4) is 29.0 Å². The third-order valence-corrected chi connectivity index (χ3v) is 24.2. The lowest BCUT2D eigenvalue weighted by Crippen LogP contribution is -2.60. The summed E-state index contributed by atoms with van der Waals surface area (Å²) in [5, 5.41) is 23.7. The number of nitro groups is 1. The number of non-ortho nitro benzene ring substituents is 1. The van der Waals surface area contributed by atoms with Gasteiger partial charge in [-0.3, -0.25) is 47.2 Å². The lowest BCUT2D eigenvalue weighted by molar-refractivity contribution is -0.384. The number of carbonyl (C=O) groups excluding carboxylic acids is 9. The van der Waals surface area contributed by atoms with Crippen molar-refractivity contribution < 1.29 is 138 Å². The van der Waals surface area contributed by atoms with Crippen LogP contribution in [0.1, 0.15) is 168 Å². The topological polar surface area (TPSA) is 462 Å². The van der Waals surface area contributed by atoms with Gasteiger partial charge in [-0.15, -0.1) is 0 Å². The molecule has 0 radical (unpaired) electrons. The number of likely N-dealkylation sites (tertiary alicyclic amines) is 2. The van der Waals surface area contributed by atoms with Gasteiger partial charge in [0, 0.05) is 58.9 Å². The zero-order chi connectivity index (χ0) is 94.8. The summed E-state index contributed by atoms with van der Waals surface area (Å²) in [6.07, 6.45) is -10.2. The van der Waals surface area contributed by atoms with E-state index < -0.39 is 185 Å². The second-order valence-corrected chi connectivity index (χ2v) is 38.8. The van der Waals surface area contributed by atoms with Gasteiger partial charge in [-0.25, -0.2) is 33.8 Å². The molecule has 6 aliphatic rings. The fourth-order valence-electron chi connectivity index (χ4n) is 13.8. The first-order valence-corrected chi connectivity index (χ1v) is 43.8. The van der Waals surface area contributed by atoms with Gasteiger partial charge in [0.15, 0.2) is 0 Å². The number of rotatable bonds is 28. The Morgan fingerprint density at radius 3 is 1.23 bits per heavy atom. The zero-order valence-electron chi connectivity index (χ0n) is 72.5. The van der Waals surface area contributed by atoms with Gasteiger partial charge in [0.1, 0.15) is 70.3 Å². The highest BCUT2D eigenvalue weighted by molar-refractivity contribution is 7.85. The minimum Gasteiger partial charge on any atom is -0.495 e. The van der Waals surface area contributed by atoms with Crippen LogP contribution in [-0.2, 0) is 72.0 Å². The highest BCUT2D eigenvalue weighted by atomic mass is 35.5. The maximum Gasteiger partial charge on any atom is 0.514 e. The molecule has 11 rings (SSSR count). The minimum absolute atomic E-state index is 0.0135. The summed E-state index contributed by atoms with van der Waals surface area (Å²) in [6.45, 7) is 21.0. The molecule has 0 unspecified atom stereocenters. The third-order valence-electron chi connectivity index (χ3n) is 21.5. The second-order valence-electron chi connectivity index (χ2n) is 35.5. The average molecular weight is 1880 g/mol. The van der Waals surface area contributed by atoms with Crippen molar-refractivity contribution >= 4 is 125 Å². The number of alkyl carbamates (subject to hydrolysis) is 2. The molecule has 127 heavy (non-hydrogen) atoms. The molecular weight excluding hydrogens is 1780 g/mol. The number of benzene rings is 3. The van der Waals surface area contributed by atoms with E-state index in [1.54, 1.807) is 106 Å². The molecule has 10 atom stereocenters. The van der Waals surface area contributed by atoms with Crippen molar-refractivity contribution in [1.82, 2.24) is 50.5 Å². The zero-order valence-corrected chi connectivity index (χ0v) is 75.6. The highest BCUT2D eigenvalue weighted by Crippen LogP contribution is 2.49. The summed E-state index contributed by atoms with van der Waals surface area (Å²) in [4.78, 5) is 142. The Labute approximate surface area is 738 Å². The van der Waals surface area contributed by atoms with Gasteiger partial charge in [0.05, 0.1) is 54.5 Å². The molecule has 700 valence electrons. The molecule has 2 saturated heterocycles. The van der Waals surface area contributed by atoms with E-state index in [0.717, 1.165) is 29.2 Å². The van der Waals surface area contributed by atoms with Crippen LogP contribution in [0.25, 0.3) is 21.5 Å². The van der Waals surface area contributed by atoms with Crippen LogP contribution >= 0.6 is 23.2 Å². The summed E-state index contributed by atoms with van der Waals surface area (Å²) in [7, 11) is -5.93.